The van der Waals surface area contributed by atoms with Crippen LogP contribution in [0.1, 0.15) is 10.4 Å². The Morgan fingerprint density at radius 1 is 1.53 bits per heavy atom. The van der Waals surface area contributed by atoms with E-state index in [0.29, 0.717) is 5.75 Å². The lowest BCUT2D eigenvalue weighted by Gasteiger charge is -2.05. The monoisotopic (exact) mass is 206 g/mol. The van der Waals surface area contributed by atoms with Crippen molar-refractivity contribution in [1.82, 2.24) is 9.78 Å². The molecule has 0 spiro atoms. The number of ether oxygens (including phenoxy) is 1. The molecule has 1 aromatic heterocycles. The molecule has 2 aromatic rings. The van der Waals surface area contributed by atoms with Crippen molar-refractivity contribution in [2.45, 2.75) is 0 Å². The van der Waals surface area contributed by atoms with Crippen LogP contribution >= 0.6 is 0 Å². The van der Waals surface area contributed by atoms with Crippen LogP contribution in [0.15, 0.2) is 18.3 Å². The average molecular weight is 206 g/mol. The second-order valence-electron chi connectivity index (χ2n) is 3.18. The number of carbonyl (C=O) groups is 1. The standard InChI is InChI=1S/C10H10N2O3/c1-12-8-4-9(15-2)7(10(13)14)3-6(8)5-11-12/h3-5H,1-2H3,(H,13,14). The van der Waals surface area contributed by atoms with Crippen molar-refractivity contribution in [2.24, 2.45) is 7.05 Å². The Kier molecular flexibility index (Phi) is 2.07. The van der Waals surface area contributed by atoms with E-state index >= 15 is 0 Å². The number of nitrogens with zero attached hydrogens (tertiary/aromatic N) is 2. The third-order valence-corrected chi connectivity index (χ3v) is 2.30. The van der Waals surface area contributed by atoms with Gasteiger partial charge in [0.2, 0.25) is 0 Å². The summed E-state index contributed by atoms with van der Waals surface area (Å²) in [7, 11) is 3.24. The van der Waals surface area contributed by atoms with E-state index in [-0.39, 0.29) is 5.56 Å². The van der Waals surface area contributed by atoms with E-state index < -0.39 is 5.97 Å². The van der Waals surface area contributed by atoms with Crippen molar-refractivity contribution in [1.29, 1.82) is 0 Å². The molecule has 2 rings (SSSR count). The molecule has 0 bridgehead atoms. The molecule has 15 heavy (non-hydrogen) atoms. The third-order valence-electron chi connectivity index (χ3n) is 2.30. The van der Waals surface area contributed by atoms with Crippen LogP contribution in [0.25, 0.3) is 10.9 Å². The highest BCUT2D eigenvalue weighted by atomic mass is 16.5. The lowest BCUT2D eigenvalue weighted by molar-refractivity contribution is 0.0693. The van der Waals surface area contributed by atoms with Crippen LogP contribution in [0.3, 0.4) is 0 Å². The smallest absolute Gasteiger partial charge is 0.339 e. The summed E-state index contributed by atoms with van der Waals surface area (Å²) in [5.74, 6) is -0.656. The van der Waals surface area contributed by atoms with E-state index in [1.165, 1.54) is 7.11 Å². The van der Waals surface area contributed by atoms with Gasteiger partial charge in [-0.05, 0) is 6.07 Å². The zero-order valence-electron chi connectivity index (χ0n) is 8.39. The summed E-state index contributed by atoms with van der Waals surface area (Å²) in [4.78, 5) is 10.9. The number of carboxylic acid groups (broad SMARTS) is 1. The molecule has 0 saturated carbocycles. The van der Waals surface area contributed by atoms with Crippen LogP contribution in [0.4, 0.5) is 0 Å². The molecule has 0 fully saturated rings. The van der Waals surface area contributed by atoms with Gasteiger partial charge >= 0.3 is 5.97 Å². The van der Waals surface area contributed by atoms with E-state index in [2.05, 4.69) is 5.10 Å². The highest BCUT2D eigenvalue weighted by Crippen LogP contribution is 2.25. The molecule has 0 aliphatic carbocycles. The van der Waals surface area contributed by atoms with Gasteiger partial charge in [-0.3, -0.25) is 4.68 Å². The molecule has 1 N–H and O–H groups in total. The van der Waals surface area contributed by atoms with Crippen molar-refractivity contribution in [3.05, 3.63) is 23.9 Å². The number of benzene rings is 1. The number of aromatic carboxylic acids is 1. The number of methoxy groups -OCH3 is 1. The first-order valence-electron chi connectivity index (χ1n) is 4.36. The van der Waals surface area contributed by atoms with Crippen molar-refractivity contribution in [2.75, 3.05) is 7.11 Å². The summed E-state index contributed by atoms with van der Waals surface area (Å²) in [6, 6.07) is 3.23. The maximum atomic E-state index is 10.9. The lowest BCUT2D eigenvalue weighted by atomic mass is 10.1. The second-order valence-corrected chi connectivity index (χ2v) is 3.18. The van der Waals surface area contributed by atoms with Gasteiger partial charge < -0.3 is 9.84 Å². The summed E-state index contributed by atoms with van der Waals surface area (Å²) >= 11 is 0. The van der Waals surface area contributed by atoms with Gasteiger partial charge in [-0.1, -0.05) is 0 Å². The molecule has 1 heterocycles. The normalized spacial score (nSPS) is 10.5. The van der Waals surface area contributed by atoms with E-state index in [1.54, 1.807) is 30.1 Å². The van der Waals surface area contributed by atoms with Crippen molar-refractivity contribution >= 4 is 16.9 Å². The zero-order chi connectivity index (χ0) is 11.0. The topological polar surface area (TPSA) is 64.4 Å². The molecule has 5 nitrogen and oxygen atoms in total. The molecule has 0 aliphatic heterocycles. The quantitative estimate of drug-likeness (QED) is 0.803. The van der Waals surface area contributed by atoms with Gasteiger partial charge in [0.05, 0.1) is 18.8 Å². The Morgan fingerprint density at radius 2 is 2.27 bits per heavy atom. The SMILES string of the molecule is COc1cc2c(cnn2C)cc1C(=O)O. The minimum Gasteiger partial charge on any atom is -0.496 e. The highest BCUT2D eigenvalue weighted by Gasteiger charge is 2.13. The predicted octanol–water partition coefficient (Wildman–Crippen LogP) is 1.28. The molecule has 1 aromatic carbocycles. The van der Waals surface area contributed by atoms with E-state index in [4.69, 9.17) is 9.84 Å². The van der Waals surface area contributed by atoms with E-state index in [9.17, 15) is 4.79 Å². The molecule has 0 saturated heterocycles. The van der Waals surface area contributed by atoms with Crippen LogP contribution in [-0.4, -0.2) is 28.0 Å². The zero-order valence-corrected chi connectivity index (χ0v) is 8.39. The minimum absolute atomic E-state index is 0.151. The van der Waals surface area contributed by atoms with Gasteiger partial charge in [0.1, 0.15) is 11.3 Å². The molecule has 0 unspecified atom stereocenters. The molecule has 0 atom stereocenters. The Hall–Kier alpha value is -2.04. The molecule has 78 valence electrons. The van der Waals surface area contributed by atoms with Gasteiger partial charge in [0.15, 0.2) is 0 Å². The van der Waals surface area contributed by atoms with Gasteiger partial charge in [0.25, 0.3) is 0 Å². The highest BCUT2D eigenvalue weighted by molar-refractivity contribution is 5.96. The number of rotatable bonds is 2. The van der Waals surface area contributed by atoms with Gasteiger partial charge in [-0.25, -0.2) is 4.79 Å². The third kappa shape index (κ3) is 1.41. The van der Waals surface area contributed by atoms with Gasteiger partial charge in [-0.2, -0.15) is 5.10 Å². The summed E-state index contributed by atoms with van der Waals surface area (Å²) < 4.78 is 6.69. The van der Waals surface area contributed by atoms with Gasteiger partial charge in [0, 0.05) is 18.5 Å². The van der Waals surface area contributed by atoms with E-state index in [0.717, 1.165) is 10.9 Å². The molecular weight excluding hydrogens is 196 g/mol. The van der Waals surface area contributed by atoms with Crippen LogP contribution in [-0.2, 0) is 7.05 Å². The Labute approximate surface area is 85.9 Å². The first kappa shape index (κ1) is 9.51. The lowest BCUT2D eigenvalue weighted by Crippen LogP contribution is -2.00. The molecule has 0 aliphatic rings. The summed E-state index contributed by atoms with van der Waals surface area (Å²) in [5, 5.41) is 13.8. The number of aryl methyl sites for hydroxylation is 1. The Balaban J connectivity index is 2.76. The molecule has 5 heteroatoms. The fourth-order valence-electron chi connectivity index (χ4n) is 1.52. The Bertz CT molecular complexity index is 531. The first-order valence-corrected chi connectivity index (χ1v) is 4.36. The molecular formula is C10H10N2O3. The fourth-order valence-corrected chi connectivity index (χ4v) is 1.52. The molecule has 0 amide bonds. The van der Waals surface area contributed by atoms with Crippen molar-refractivity contribution in [3.63, 3.8) is 0 Å². The van der Waals surface area contributed by atoms with Crippen LogP contribution in [0.2, 0.25) is 0 Å². The number of fused-ring (bicyclic) bond motifs is 1. The van der Waals surface area contributed by atoms with Crippen LogP contribution < -0.4 is 4.74 Å². The van der Waals surface area contributed by atoms with Gasteiger partial charge in [-0.15, -0.1) is 0 Å². The first-order chi connectivity index (χ1) is 7.13. The number of carboxylic acids is 1. The number of aromatic nitrogens is 2. The number of hydrogen-bond donors (Lipinski definition) is 1. The Morgan fingerprint density at radius 3 is 2.87 bits per heavy atom. The minimum atomic E-state index is -1.00. The maximum Gasteiger partial charge on any atom is 0.339 e. The largest absolute Gasteiger partial charge is 0.496 e. The summed E-state index contributed by atoms with van der Waals surface area (Å²) in [5.41, 5.74) is 0.995. The predicted molar refractivity (Wildman–Crippen MR) is 54.2 cm³/mol. The van der Waals surface area contributed by atoms with E-state index in [1.807, 2.05) is 0 Å². The van der Waals surface area contributed by atoms with Crippen LogP contribution in [0, 0.1) is 0 Å². The van der Waals surface area contributed by atoms with Crippen LogP contribution in [0.5, 0.6) is 5.75 Å². The molecule has 0 radical (unpaired) electrons. The van der Waals surface area contributed by atoms with Crippen molar-refractivity contribution < 1.29 is 14.6 Å². The maximum absolute atomic E-state index is 10.9. The van der Waals surface area contributed by atoms with Crippen molar-refractivity contribution in [3.8, 4) is 5.75 Å². The average Bonchev–Trinajstić information content (AvgIpc) is 2.58. The summed E-state index contributed by atoms with van der Waals surface area (Å²) in [6.07, 6.45) is 1.63. The second kappa shape index (κ2) is 3.27. The summed E-state index contributed by atoms with van der Waals surface area (Å²) in [6.45, 7) is 0. The number of hydrogen-bond acceptors (Lipinski definition) is 3. The fraction of sp³-hybridized carbons (Fsp3) is 0.200.